The van der Waals surface area contributed by atoms with Crippen LogP contribution in [0.25, 0.3) is 0 Å². The minimum Gasteiger partial charge on any atom is -0.334 e. The van der Waals surface area contributed by atoms with E-state index in [2.05, 4.69) is 5.32 Å². The van der Waals surface area contributed by atoms with E-state index in [0.29, 0.717) is 0 Å². The average Bonchev–Trinajstić information content (AvgIpc) is 2.92. The maximum absolute atomic E-state index is 13.8. The molecule has 1 N–H and O–H groups in total. The van der Waals surface area contributed by atoms with Gasteiger partial charge in [0, 0.05) is 11.6 Å². The number of carbonyl (C=O) groups is 1. The summed E-state index contributed by atoms with van der Waals surface area (Å²) in [6, 6.07) is 3.89. The molecule has 1 fully saturated rings. The molecule has 1 aromatic carbocycles. The van der Waals surface area contributed by atoms with Gasteiger partial charge < -0.3 is 10.2 Å². The first-order chi connectivity index (χ1) is 9.63. The van der Waals surface area contributed by atoms with E-state index in [-0.39, 0.29) is 43.0 Å². The van der Waals surface area contributed by atoms with Gasteiger partial charge in [-0.15, -0.1) is 12.4 Å². The first-order valence-corrected chi connectivity index (χ1v) is 7.00. The second-order valence-corrected chi connectivity index (χ2v) is 5.19. The lowest BCUT2D eigenvalue weighted by Crippen LogP contribution is -2.42. The third kappa shape index (κ3) is 4.38. The molecule has 0 bridgehead atoms. The Kier molecular flexibility index (Phi) is 7.05. The first-order valence-electron chi connectivity index (χ1n) is 7.00. The third-order valence-corrected chi connectivity index (χ3v) is 3.80. The van der Waals surface area contributed by atoms with Crippen LogP contribution in [-0.2, 0) is 11.3 Å². The standard InChI is InChI=1S/C15H20F2N2O.ClH/c1-18-9-15(20)19(11-5-2-3-6-11)10-12-13(16)7-4-8-14(12)17;/h4,7-8,11,18H,2-3,5-6,9-10H2,1H3;1H. The summed E-state index contributed by atoms with van der Waals surface area (Å²) in [5, 5.41) is 2.81. The molecular formula is C15H21ClF2N2O. The molecule has 118 valence electrons. The van der Waals surface area contributed by atoms with Crippen molar-refractivity contribution in [3.05, 3.63) is 35.4 Å². The number of amides is 1. The number of halogens is 3. The highest BCUT2D eigenvalue weighted by molar-refractivity contribution is 5.85. The van der Waals surface area contributed by atoms with Crippen LogP contribution in [0.5, 0.6) is 0 Å². The molecule has 0 aromatic heterocycles. The Hall–Kier alpha value is -1.20. The van der Waals surface area contributed by atoms with Crippen LogP contribution < -0.4 is 5.32 Å². The van der Waals surface area contributed by atoms with Crippen LogP contribution in [0.15, 0.2) is 18.2 Å². The molecule has 0 spiro atoms. The summed E-state index contributed by atoms with van der Waals surface area (Å²) >= 11 is 0. The molecule has 0 aliphatic heterocycles. The smallest absolute Gasteiger partial charge is 0.237 e. The molecular weight excluding hydrogens is 298 g/mol. The summed E-state index contributed by atoms with van der Waals surface area (Å²) in [4.78, 5) is 13.8. The fourth-order valence-corrected chi connectivity index (χ4v) is 2.74. The molecule has 21 heavy (non-hydrogen) atoms. The summed E-state index contributed by atoms with van der Waals surface area (Å²) in [5.41, 5.74) is -0.0242. The Morgan fingerprint density at radius 1 is 1.29 bits per heavy atom. The normalized spacial score (nSPS) is 14.8. The Balaban J connectivity index is 0.00000220. The summed E-state index contributed by atoms with van der Waals surface area (Å²) in [5.74, 6) is -1.29. The lowest BCUT2D eigenvalue weighted by atomic mass is 10.1. The maximum atomic E-state index is 13.8. The molecule has 0 unspecified atom stereocenters. The molecule has 0 radical (unpaired) electrons. The number of likely N-dealkylation sites (N-methyl/N-ethyl adjacent to an activating group) is 1. The van der Waals surface area contributed by atoms with Gasteiger partial charge in [0.2, 0.25) is 5.91 Å². The van der Waals surface area contributed by atoms with Gasteiger partial charge in [-0.1, -0.05) is 18.9 Å². The van der Waals surface area contributed by atoms with Gasteiger partial charge in [0.1, 0.15) is 11.6 Å². The number of hydrogen-bond acceptors (Lipinski definition) is 2. The van der Waals surface area contributed by atoms with Crippen molar-refractivity contribution < 1.29 is 13.6 Å². The predicted octanol–water partition coefficient (Wildman–Crippen LogP) is 2.88. The number of hydrogen-bond donors (Lipinski definition) is 1. The molecule has 0 saturated heterocycles. The predicted molar refractivity (Wildman–Crippen MR) is 80.3 cm³/mol. The Labute approximate surface area is 130 Å². The van der Waals surface area contributed by atoms with Crippen LogP contribution in [-0.4, -0.2) is 30.4 Å². The first kappa shape index (κ1) is 17.9. The van der Waals surface area contributed by atoms with Crippen molar-refractivity contribution in [1.82, 2.24) is 10.2 Å². The molecule has 1 aliphatic carbocycles. The number of rotatable bonds is 5. The molecule has 1 saturated carbocycles. The molecule has 2 rings (SSSR count). The molecule has 0 heterocycles. The second-order valence-electron chi connectivity index (χ2n) is 5.19. The van der Waals surface area contributed by atoms with Gasteiger partial charge in [-0.3, -0.25) is 4.79 Å². The van der Waals surface area contributed by atoms with Crippen molar-refractivity contribution in [3.8, 4) is 0 Å². The van der Waals surface area contributed by atoms with Crippen molar-refractivity contribution >= 4 is 18.3 Å². The average molecular weight is 319 g/mol. The van der Waals surface area contributed by atoms with E-state index < -0.39 is 11.6 Å². The topological polar surface area (TPSA) is 32.3 Å². The quantitative estimate of drug-likeness (QED) is 0.905. The zero-order chi connectivity index (χ0) is 14.5. The summed E-state index contributed by atoms with van der Waals surface area (Å²) in [6.45, 7) is 0.191. The zero-order valence-corrected chi connectivity index (χ0v) is 12.9. The Morgan fingerprint density at radius 2 is 1.86 bits per heavy atom. The van der Waals surface area contributed by atoms with Gasteiger partial charge in [-0.05, 0) is 32.0 Å². The van der Waals surface area contributed by atoms with E-state index in [1.54, 1.807) is 11.9 Å². The van der Waals surface area contributed by atoms with E-state index in [1.807, 2.05) is 0 Å². The molecule has 1 amide bonds. The molecule has 1 aliphatic rings. The fourth-order valence-electron chi connectivity index (χ4n) is 2.74. The lowest BCUT2D eigenvalue weighted by molar-refractivity contribution is -0.133. The molecule has 3 nitrogen and oxygen atoms in total. The van der Waals surface area contributed by atoms with E-state index in [9.17, 15) is 13.6 Å². The Morgan fingerprint density at radius 3 is 2.38 bits per heavy atom. The van der Waals surface area contributed by atoms with Gasteiger partial charge in [0.05, 0.1) is 13.1 Å². The summed E-state index contributed by atoms with van der Waals surface area (Å²) < 4.78 is 27.5. The molecule has 1 aromatic rings. The van der Waals surface area contributed by atoms with Crippen molar-refractivity contribution in [2.24, 2.45) is 0 Å². The van der Waals surface area contributed by atoms with Gasteiger partial charge in [-0.2, -0.15) is 0 Å². The van der Waals surface area contributed by atoms with Crippen LogP contribution in [0.1, 0.15) is 31.2 Å². The SMILES string of the molecule is CNCC(=O)N(Cc1c(F)cccc1F)C1CCCC1.Cl. The number of carbonyl (C=O) groups excluding carboxylic acids is 1. The highest BCUT2D eigenvalue weighted by Crippen LogP contribution is 2.26. The molecule has 0 atom stereocenters. The monoisotopic (exact) mass is 318 g/mol. The van der Waals surface area contributed by atoms with Gasteiger partial charge in [0.25, 0.3) is 0 Å². The van der Waals surface area contributed by atoms with Crippen molar-refractivity contribution in [2.75, 3.05) is 13.6 Å². The fraction of sp³-hybridized carbons (Fsp3) is 0.533. The van der Waals surface area contributed by atoms with Gasteiger partial charge in [-0.25, -0.2) is 8.78 Å². The highest BCUT2D eigenvalue weighted by atomic mass is 35.5. The van der Waals surface area contributed by atoms with Crippen LogP contribution in [0.4, 0.5) is 8.78 Å². The highest BCUT2D eigenvalue weighted by Gasteiger charge is 2.27. The van der Waals surface area contributed by atoms with E-state index >= 15 is 0 Å². The van der Waals surface area contributed by atoms with Crippen molar-refractivity contribution in [1.29, 1.82) is 0 Å². The largest absolute Gasteiger partial charge is 0.334 e. The minimum absolute atomic E-state index is 0. The van der Waals surface area contributed by atoms with Gasteiger partial charge >= 0.3 is 0 Å². The number of nitrogens with one attached hydrogen (secondary N) is 1. The number of benzene rings is 1. The van der Waals surface area contributed by atoms with Crippen LogP contribution in [0.2, 0.25) is 0 Å². The summed E-state index contributed by atoms with van der Waals surface area (Å²) in [6.07, 6.45) is 3.94. The minimum atomic E-state index is -0.592. The van der Waals surface area contributed by atoms with Crippen LogP contribution in [0.3, 0.4) is 0 Å². The van der Waals surface area contributed by atoms with E-state index in [1.165, 1.54) is 18.2 Å². The van der Waals surface area contributed by atoms with E-state index in [0.717, 1.165) is 25.7 Å². The van der Waals surface area contributed by atoms with Crippen molar-refractivity contribution in [3.63, 3.8) is 0 Å². The van der Waals surface area contributed by atoms with E-state index in [4.69, 9.17) is 0 Å². The molecule has 6 heteroatoms. The Bertz CT molecular complexity index is 458. The third-order valence-electron chi connectivity index (χ3n) is 3.80. The van der Waals surface area contributed by atoms with Gasteiger partial charge in [0.15, 0.2) is 0 Å². The van der Waals surface area contributed by atoms with Crippen LogP contribution in [0, 0.1) is 11.6 Å². The number of nitrogens with zero attached hydrogens (tertiary/aromatic N) is 1. The van der Waals surface area contributed by atoms with Crippen molar-refractivity contribution in [2.45, 2.75) is 38.3 Å². The zero-order valence-electron chi connectivity index (χ0n) is 12.1. The lowest BCUT2D eigenvalue weighted by Gasteiger charge is -2.29. The maximum Gasteiger partial charge on any atom is 0.237 e. The van der Waals surface area contributed by atoms with Crippen LogP contribution >= 0.6 is 12.4 Å². The second kappa shape index (κ2) is 8.29. The summed E-state index contributed by atoms with van der Waals surface area (Å²) in [7, 11) is 1.69.